The zero-order valence-corrected chi connectivity index (χ0v) is 13.1. The molecule has 3 aromatic rings. The standard InChI is InChI=1S/C15H12BrN5O/c16-14-4-2-1-3-13(14)15(22)18-9-11-10-21(20-19-11)12-5-7-17-8-6-12/h1-8,10H,9H2,(H,18,22). The van der Waals surface area contributed by atoms with Crippen molar-refractivity contribution >= 4 is 21.8 Å². The molecule has 0 radical (unpaired) electrons. The molecule has 7 heteroatoms. The van der Waals surface area contributed by atoms with Gasteiger partial charge in [0.15, 0.2) is 0 Å². The van der Waals surface area contributed by atoms with Gasteiger partial charge in [0.05, 0.1) is 24.0 Å². The molecule has 0 saturated heterocycles. The van der Waals surface area contributed by atoms with Gasteiger partial charge in [0.2, 0.25) is 0 Å². The molecule has 6 nitrogen and oxygen atoms in total. The second-order valence-corrected chi connectivity index (χ2v) is 5.38. The summed E-state index contributed by atoms with van der Waals surface area (Å²) >= 11 is 3.36. The molecular formula is C15H12BrN5O. The summed E-state index contributed by atoms with van der Waals surface area (Å²) in [5.41, 5.74) is 2.13. The highest BCUT2D eigenvalue weighted by atomic mass is 79.9. The first kappa shape index (κ1) is 14.4. The van der Waals surface area contributed by atoms with Gasteiger partial charge in [-0.05, 0) is 40.2 Å². The van der Waals surface area contributed by atoms with Crippen molar-refractivity contribution in [1.82, 2.24) is 25.3 Å². The van der Waals surface area contributed by atoms with Gasteiger partial charge < -0.3 is 5.32 Å². The lowest BCUT2D eigenvalue weighted by atomic mass is 10.2. The number of amides is 1. The number of pyridine rings is 1. The highest BCUT2D eigenvalue weighted by molar-refractivity contribution is 9.10. The maximum atomic E-state index is 12.1. The molecule has 1 amide bonds. The van der Waals surface area contributed by atoms with Crippen molar-refractivity contribution in [3.8, 4) is 5.69 Å². The van der Waals surface area contributed by atoms with Crippen LogP contribution >= 0.6 is 15.9 Å². The number of nitrogens with one attached hydrogen (secondary N) is 1. The van der Waals surface area contributed by atoms with Crippen LogP contribution in [0.25, 0.3) is 5.69 Å². The minimum Gasteiger partial charge on any atom is -0.346 e. The van der Waals surface area contributed by atoms with Gasteiger partial charge in [0.1, 0.15) is 5.69 Å². The predicted octanol–water partition coefficient (Wildman–Crippen LogP) is 2.35. The second kappa shape index (κ2) is 6.48. The molecule has 0 fully saturated rings. The third kappa shape index (κ3) is 3.20. The molecule has 0 unspecified atom stereocenters. The zero-order chi connectivity index (χ0) is 15.4. The van der Waals surface area contributed by atoms with Crippen LogP contribution in [0.15, 0.2) is 59.5 Å². The Morgan fingerprint density at radius 3 is 2.73 bits per heavy atom. The third-order valence-corrected chi connectivity index (χ3v) is 3.71. The summed E-state index contributed by atoms with van der Waals surface area (Å²) in [5.74, 6) is -0.161. The SMILES string of the molecule is O=C(NCc1cn(-c2ccncc2)nn1)c1ccccc1Br. The molecule has 0 aliphatic heterocycles. The van der Waals surface area contributed by atoms with Crippen molar-refractivity contribution in [3.05, 3.63) is 70.7 Å². The molecule has 2 aromatic heterocycles. The highest BCUT2D eigenvalue weighted by Gasteiger charge is 2.10. The minimum atomic E-state index is -0.161. The van der Waals surface area contributed by atoms with Crippen LogP contribution in [0.5, 0.6) is 0 Å². The van der Waals surface area contributed by atoms with Crippen molar-refractivity contribution < 1.29 is 4.79 Å². The normalized spacial score (nSPS) is 10.4. The van der Waals surface area contributed by atoms with E-state index in [4.69, 9.17) is 0 Å². The monoisotopic (exact) mass is 357 g/mol. The average molecular weight is 358 g/mol. The topological polar surface area (TPSA) is 72.7 Å². The van der Waals surface area contributed by atoms with E-state index in [-0.39, 0.29) is 5.91 Å². The molecule has 0 aliphatic rings. The summed E-state index contributed by atoms with van der Waals surface area (Å²) in [6.07, 6.45) is 5.15. The first-order chi connectivity index (χ1) is 10.7. The van der Waals surface area contributed by atoms with E-state index in [0.29, 0.717) is 17.8 Å². The van der Waals surface area contributed by atoms with E-state index in [1.165, 1.54) is 0 Å². The van der Waals surface area contributed by atoms with E-state index in [9.17, 15) is 4.79 Å². The Morgan fingerprint density at radius 1 is 1.18 bits per heavy atom. The first-order valence-corrected chi connectivity index (χ1v) is 7.38. The van der Waals surface area contributed by atoms with Crippen molar-refractivity contribution in [1.29, 1.82) is 0 Å². The van der Waals surface area contributed by atoms with Crippen LogP contribution < -0.4 is 5.32 Å². The van der Waals surface area contributed by atoms with Crippen LogP contribution in [-0.2, 0) is 6.54 Å². The van der Waals surface area contributed by atoms with Crippen LogP contribution in [-0.4, -0.2) is 25.9 Å². The highest BCUT2D eigenvalue weighted by Crippen LogP contribution is 2.15. The molecule has 110 valence electrons. The number of nitrogens with zero attached hydrogens (tertiary/aromatic N) is 4. The lowest BCUT2D eigenvalue weighted by Crippen LogP contribution is -2.23. The molecule has 2 heterocycles. The summed E-state index contributed by atoms with van der Waals surface area (Å²) in [7, 11) is 0. The number of benzene rings is 1. The second-order valence-electron chi connectivity index (χ2n) is 4.52. The number of carbonyl (C=O) groups is 1. The Morgan fingerprint density at radius 2 is 1.95 bits per heavy atom. The van der Waals surface area contributed by atoms with Crippen LogP contribution in [0, 0.1) is 0 Å². The van der Waals surface area contributed by atoms with E-state index in [2.05, 4.69) is 36.5 Å². The van der Waals surface area contributed by atoms with E-state index < -0.39 is 0 Å². The first-order valence-electron chi connectivity index (χ1n) is 6.58. The summed E-state index contributed by atoms with van der Waals surface area (Å²) in [6, 6.07) is 10.9. The fourth-order valence-corrected chi connectivity index (χ4v) is 2.38. The van der Waals surface area contributed by atoms with Crippen molar-refractivity contribution in [3.63, 3.8) is 0 Å². The molecular weight excluding hydrogens is 346 g/mol. The van der Waals surface area contributed by atoms with Crippen LogP contribution in [0.3, 0.4) is 0 Å². The van der Waals surface area contributed by atoms with Crippen molar-refractivity contribution in [2.75, 3.05) is 0 Å². The van der Waals surface area contributed by atoms with Crippen LogP contribution in [0.2, 0.25) is 0 Å². The van der Waals surface area contributed by atoms with Gasteiger partial charge in [-0.1, -0.05) is 17.3 Å². The molecule has 0 bridgehead atoms. The fraction of sp³-hybridized carbons (Fsp3) is 0.0667. The Hall–Kier alpha value is -2.54. The maximum absolute atomic E-state index is 12.1. The van der Waals surface area contributed by atoms with E-state index in [1.54, 1.807) is 29.3 Å². The number of aromatic nitrogens is 4. The maximum Gasteiger partial charge on any atom is 0.252 e. The Bertz CT molecular complexity index is 787. The van der Waals surface area contributed by atoms with Gasteiger partial charge in [0, 0.05) is 16.9 Å². The van der Waals surface area contributed by atoms with Gasteiger partial charge in [-0.2, -0.15) is 0 Å². The van der Waals surface area contributed by atoms with Gasteiger partial charge in [-0.25, -0.2) is 4.68 Å². The lowest BCUT2D eigenvalue weighted by molar-refractivity contribution is 0.0949. The number of hydrogen-bond acceptors (Lipinski definition) is 4. The number of hydrogen-bond donors (Lipinski definition) is 1. The van der Waals surface area contributed by atoms with E-state index in [0.717, 1.165) is 10.2 Å². The van der Waals surface area contributed by atoms with Crippen molar-refractivity contribution in [2.24, 2.45) is 0 Å². The molecule has 3 rings (SSSR count). The predicted molar refractivity (Wildman–Crippen MR) is 84.5 cm³/mol. The smallest absolute Gasteiger partial charge is 0.252 e. The molecule has 0 saturated carbocycles. The van der Waals surface area contributed by atoms with E-state index >= 15 is 0 Å². The van der Waals surface area contributed by atoms with Crippen LogP contribution in [0.1, 0.15) is 16.1 Å². The van der Waals surface area contributed by atoms with Crippen molar-refractivity contribution in [2.45, 2.75) is 6.54 Å². The quantitative estimate of drug-likeness (QED) is 0.777. The van der Waals surface area contributed by atoms with Gasteiger partial charge in [0.25, 0.3) is 5.91 Å². The Labute approximate surface area is 135 Å². The zero-order valence-electron chi connectivity index (χ0n) is 11.5. The molecule has 0 spiro atoms. The van der Waals surface area contributed by atoms with Gasteiger partial charge >= 0.3 is 0 Å². The number of halogens is 1. The summed E-state index contributed by atoms with van der Waals surface area (Å²) in [6.45, 7) is 0.311. The Kier molecular flexibility index (Phi) is 4.24. The molecule has 0 atom stereocenters. The molecule has 1 aromatic carbocycles. The molecule has 1 N–H and O–H groups in total. The summed E-state index contributed by atoms with van der Waals surface area (Å²) < 4.78 is 2.40. The van der Waals surface area contributed by atoms with Gasteiger partial charge in [-0.3, -0.25) is 9.78 Å². The van der Waals surface area contributed by atoms with Crippen LogP contribution in [0.4, 0.5) is 0 Å². The summed E-state index contributed by atoms with van der Waals surface area (Å²) in [4.78, 5) is 16.1. The Balaban J connectivity index is 1.67. The minimum absolute atomic E-state index is 0.161. The third-order valence-electron chi connectivity index (χ3n) is 3.02. The average Bonchev–Trinajstić information content (AvgIpc) is 3.03. The number of carbonyl (C=O) groups excluding carboxylic acids is 1. The lowest BCUT2D eigenvalue weighted by Gasteiger charge is -2.04. The summed E-state index contributed by atoms with van der Waals surface area (Å²) in [5, 5.41) is 10.9. The fourth-order valence-electron chi connectivity index (χ4n) is 1.91. The largest absolute Gasteiger partial charge is 0.346 e. The molecule has 22 heavy (non-hydrogen) atoms. The molecule has 0 aliphatic carbocycles. The van der Waals surface area contributed by atoms with Gasteiger partial charge in [-0.15, -0.1) is 5.10 Å². The van der Waals surface area contributed by atoms with E-state index in [1.807, 2.05) is 30.3 Å². The number of rotatable bonds is 4.